The third-order valence-corrected chi connectivity index (χ3v) is 8.39. The van der Waals surface area contributed by atoms with Crippen LogP contribution >= 0.6 is 35.6 Å². The minimum atomic E-state index is -0.773. The van der Waals surface area contributed by atoms with Crippen LogP contribution in [0.1, 0.15) is 53.6 Å². The van der Waals surface area contributed by atoms with Crippen LogP contribution in [0.3, 0.4) is 0 Å². The van der Waals surface area contributed by atoms with Crippen LogP contribution in [0.4, 0.5) is 0 Å². The summed E-state index contributed by atoms with van der Waals surface area (Å²) in [5, 5.41) is 12.3. The standard InChI is InChI=1S/C31H36Cl2N2O3.ClH/c1-3-35(30(36)23-9-12-27(38-2)13-10-23)22-25(24-11-14-28(32)29(33)21-24)15-18-34-19-16-31(37,17-20-34)26-7-5-4-6-8-26;/h4-14,21,25,37H,3,15-20,22H2,1-2H3;1H. The number of ether oxygens (including phenoxy) is 1. The molecule has 3 aromatic rings. The Kier molecular flexibility index (Phi) is 11.5. The molecule has 3 aromatic carbocycles. The fourth-order valence-corrected chi connectivity index (χ4v) is 5.50. The number of benzene rings is 3. The SMILES string of the molecule is CCN(CC(CCN1CCC(O)(c2ccccc2)CC1)c1ccc(Cl)c(Cl)c1)C(=O)c1ccc(OC)cc1.Cl. The Balaban J connectivity index is 0.00000420. The predicted molar refractivity (Wildman–Crippen MR) is 162 cm³/mol. The van der Waals surface area contributed by atoms with E-state index in [1.807, 2.05) is 72.5 Å². The highest BCUT2D eigenvalue weighted by molar-refractivity contribution is 6.42. The minimum Gasteiger partial charge on any atom is -0.497 e. The lowest BCUT2D eigenvalue weighted by Gasteiger charge is -2.39. The van der Waals surface area contributed by atoms with Gasteiger partial charge in [-0.1, -0.05) is 59.6 Å². The number of hydrogen-bond donors (Lipinski definition) is 1. The van der Waals surface area contributed by atoms with Gasteiger partial charge in [0, 0.05) is 37.7 Å². The number of methoxy groups -OCH3 is 1. The maximum absolute atomic E-state index is 13.4. The van der Waals surface area contributed by atoms with Crippen molar-refractivity contribution >= 4 is 41.5 Å². The van der Waals surface area contributed by atoms with Gasteiger partial charge in [0.25, 0.3) is 5.91 Å². The topological polar surface area (TPSA) is 53.0 Å². The Morgan fingerprint density at radius 2 is 1.69 bits per heavy atom. The second-order valence-corrected chi connectivity index (χ2v) is 10.8. The van der Waals surface area contributed by atoms with E-state index in [1.54, 1.807) is 19.2 Å². The number of aliphatic hydroxyl groups is 1. The molecule has 1 aliphatic heterocycles. The zero-order chi connectivity index (χ0) is 27.1. The van der Waals surface area contributed by atoms with Crippen molar-refractivity contribution in [1.29, 1.82) is 0 Å². The number of likely N-dealkylation sites (tertiary alicyclic amines) is 1. The summed E-state index contributed by atoms with van der Waals surface area (Å²) in [7, 11) is 1.61. The molecule has 8 heteroatoms. The van der Waals surface area contributed by atoms with E-state index in [0.717, 1.165) is 42.9 Å². The van der Waals surface area contributed by atoms with Crippen LogP contribution in [0, 0.1) is 0 Å². The molecule has 1 atom stereocenters. The van der Waals surface area contributed by atoms with E-state index in [4.69, 9.17) is 27.9 Å². The maximum Gasteiger partial charge on any atom is 0.253 e. The second kappa shape index (κ2) is 14.4. The molecule has 5 nitrogen and oxygen atoms in total. The average Bonchev–Trinajstić information content (AvgIpc) is 2.96. The predicted octanol–water partition coefficient (Wildman–Crippen LogP) is 7.04. The van der Waals surface area contributed by atoms with Gasteiger partial charge in [-0.15, -0.1) is 12.4 Å². The minimum absolute atomic E-state index is 0. The first-order valence-corrected chi connectivity index (χ1v) is 14.0. The number of carbonyl (C=O) groups is 1. The Labute approximate surface area is 248 Å². The molecular weight excluding hydrogens is 555 g/mol. The zero-order valence-electron chi connectivity index (χ0n) is 22.5. The number of halogens is 3. The van der Waals surface area contributed by atoms with Gasteiger partial charge < -0.3 is 19.6 Å². The summed E-state index contributed by atoms with van der Waals surface area (Å²) in [6.45, 7) is 5.67. The first-order chi connectivity index (χ1) is 18.3. The lowest BCUT2D eigenvalue weighted by Crippen LogP contribution is -2.43. The van der Waals surface area contributed by atoms with Crippen LogP contribution in [0.5, 0.6) is 5.75 Å². The number of carbonyl (C=O) groups excluding carboxylic acids is 1. The van der Waals surface area contributed by atoms with Crippen LogP contribution in [-0.2, 0) is 5.60 Å². The zero-order valence-corrected chi connectivity index (χ0v) is 24.8. The highest BCUT2D eigenvalue weighted by Gasteiger charge is 2.34. The molecule has 0 saturated carbocycles. The fraction of sp³-hybridized carbons (Fsp3) is 0.387. The molecule has 4 rings (SSSR count). The van der Waals surface area contributed by atoms with Crippen molar-refractivity contribution in [2.24, 2.45) is 0 Å². The number of nitrogens with zero attached hydrogens (tertiary/aromatic N) is 2. The largest absolute Gasteiger partial charge is 0.497 e. The monoisotopic (exact) mass is 590 g/mol. The molecular formula is C31H37Cl3N2O3. The summed E-state index contributed by atoms with van der Waals surface area (Å²) in [6, 6.07) is 22.9. The van der Waals surface area contributed by atoms with E-state index in [9.17, 15) is 9.90 Å². The molecule has 0 aliphatic carbocycles. The summed E-state index contributed by atoms with van der Waals surface area (Å²) in [5.74, 6) is 0.798. The van der Waals surface area contributed by atoms with E-state index in [1.165, 1.54) is 0 Å². The Bertz CT molecular complexity index is 1200. The summed E-state index contributed by atoms with van der Waals surface area (Å²) < 4.78 is 5.24. The number of amides is 1. The molecule has 1 heterocycles. The smallest absolute Gasteiger partial charge is 0.253 e. The highest BCUT2D eigenvalue weighted by atomic mass is 35.5. The average molecular weight is 592 g/mol. The van der Waals surface area contributed by atoms with Gasteiger partial charge in [0.1, 0.15) is 5.75 Å². The van der Waals surface area contributed by atoms with Crippen molar-refractivity contribution in [2.75, 3.05) is 39.8 Å². The van der Waals surface area contributed by atoms with Gasteiger partial charge in [-0.05, 0) is 80.3 Å². The van der Waals surface area contributed by atoms with Crippen LogP contribution in [-0.4, -0.2) is 60.6 Å². The third kappa shape index (κ3) is 7.90. The van der Waals surface area contributed by atoms with Crippen LogP contribution in [0.25, 0.3) is 0 Å². The van der Waals surface area contributed by atoms with Crippen molar-refractivity contribution in [3.05, 3.63) is 99.5 Å². The third-order valence-electron chi connectivity index (χ3n) is 7.65. The van der Waals surface area contributed by atoms with E-state index < -0.39 is 5.60 Å². The Morgan fingerprint density at radius 3 is 2.28 bits per heavy atom. The number of likely N-dealkylation sites (N-methyl/N-ethyl adjacent to an activating group) is 1. The molecule has 39 heavy (non-hydrogen) atoms. The van der Waals surface area contributed by atoms with E-state index in [2.05, 4.69) is 4.90 Å². The molecule has 1 N–H and O–H groups in total. The molecule has 1 saturated heterocycles. The molecule has 1 fully saturated rings. The van der Waals surface area contributed by atoms with E-state index in [0.29, 0.717) is 41.5 Å². The Morgan fingerprint density at radius 1 is 1.03 bits per heavy atom. The fourth-order valence-electron chi connectivity index (χ4n) is 5.19. The van der Waals surface area contributed by atoms with E-state index in [-0.39, 0.29) is 24.2 Å². The normalized spacial score (nSPS) is 15.7. The molecule has 0 spiro atoms. The van der Waals surface area contributed by atoms with Gasteiger partial charge in [0.15, 0.2) is 0 Å². The number of hydrogen-bond acceptors (Lipinski definition) is 4. The second-order valence-electron chi connectivity index (χ2n) is 9.97. The van der Waals surface area contributed by atoms with Crippen molar-refractivity contribution in [2.45, 2.75) is 37.7 Å². The lowest BCUT2D eigenvalue weighted by molar-refractivity contribution is -0.0264. The summed E-state index contributed by atoms with van der Waals surface area (Å²) in [5.41, 5.74) is 1.92. The van der Waals surface area contributed by atoms with Crippen LogP contribution in [0.15, 0.2) is 72.8 Å². The molecule has 0 bridgehead atoms. The first kappa shape index (κ1) is 31.3. The molecule has 0 aromatic heterocycles. The molecule has 1 aliphatic rings. The van der Waals surface area contributed by atoms with Crippen molar-refractivity contribution in [3.8, 4) is 5.75 Å². The maximum atomic E-state index is 13.4. The van der Waals surface area contributed by atoms with Crippen LogP contribution in [0.2, 0.25) is 10.0 Å². The highest BCUT2D eigenvalue weighted by Crippen LogP contribution is 2.34. The van der Waals surface area contributed by atoms with Crippen molar-refractivity contribution in [3.63, 3.8) is 0 Å². The number of rotatable bonds is 10. The lowest BCUT2D eigenvalue weighted by atomic mass is 9.84. The van der Waals surface area contributed by atoms with Gasteiger partial charge in [-0.3, -0.25) is 4.79 Å². The number of piperidine rings is 1. The molecule has 1 amide bonds. The van der Waals surface area contributed by atoms with Crippen molar-refractivity contribution in [1.82, 2.24) is 9.80 Å². The van der Waals surface area contributed by atoms with Gasteiger partial charge in [0.2, 0.25) is 0 Å². The molecule has 0 radical (unpaired) electrons. The molecule has 210 valence electrons. The summed E-state index contributed by atoms with van der Waals surface area (Å²) in [4.78, 5) is 17.7. The van der Waals surface area contributed by atoms with Gasteiger partial charge in [-0.25, -0.2) is 0 Å². The summed E-state index contributed by atoms with van der Waals surface area (Å²) in [6.07, 6.45) is 2.26. The van der Waals surface area contributed by atoms with Crippen molar-refractivity contribution < 1.29 is 14.6 Å². The molecule has 1 unspecified atom stereocenters. The quantitative estimate of drug-likeness (QED) is 0.275. The van der Waals surface area contributed by atoms with Gasteiger partial charge >= 0.3 is 0 Å². The van der Waals surface area contributed by atoms with Gasteiger partial charge in [0.05, 0.1) is 22.8 Å². The first-order valence-electron chi connectivity index (χ1n) is 13.2. The Hall–Kier alpha value is -2.28. The van der Waals surface area contributed by atoms with E-state index >= 15 is 0 Å². The van der Waals surface area contributed by atoms with Crippen LogP contribution < -0.4 is 4.74 Å². The van der Waals surface area contributed by atoms with Gasteiger partial charge in [-0.2, -0.15) is 0 Å². The summed E-state index contributed by atoms with van der Waals surface area (Å²) >= 11 is 12.6.